The summed E-state index contributed by atoms with van der Waals surface area (Å²) in [5.74, 6) is -1.51. The molecule has 4 rings (SSSR count). The van der Waals surface area contributed by atoms with Crippen molar-refractivity contribution >= 4 is 23.4 Å². The van der Waals surface area contributed by atoms with Gasteiger partial charge in [-0.2, -0.15) is 0 Å². The summed E-state index contributed by atoms with van der Waals surface area (Å²) >= 11 is 0. The Morgan fingerprint density at radius 3 is 2.03 bits per heavy atom. The van der Waals surface area contributed by atoms with Gasteiger partial charge in [0.25, 0.3) is 0 Å². The van der Waals surface area contributed by atoms with Gasteiger partial charge >= 0.3 is 11.9 Å². The van der Waals surface area contributed by atoms with E-state index in [0.717, 1.165) is 0 Å². The van der Waals surface area contributed by atoms with Crippen molar-refractivity contribution in [3.05, 3.63) is 103 Å². The molecule has 4 aromatic rings. The minimum absolute atomic E-state index is 0.190. The Labute approximate surface area is 194 Å². The van der Waals surface area contributed by atoms with Crippen molar-refractivity contribution in [3.63, 3.8) is 0 Å². The molecule has 0 bridgehead atoms. The largest absolute Gasteiger partial charge is 0.480 e. The number of carboxylic acids is 2. The molecule has 0 aliphatic heterocycles. The average molecular weight is 458 g/mol. The van der Waals surface area contributed by atoms with E-state index < -0.39 is 18.5 Å². The fraction of sp³-hybridized carbons (Fsp3) is 0.0385. The molecule has 170 valence electrons. The van der Waals surface area contributed by atoms with Gasteiger partial charge in [-0.15, -0.1) is 0 Å². The van der Waals surface area contributed by atoms with Crippen molar-refractivity contribution in [3.8, 4) is 22.6 Å². The summed E-state index contributed by atoms with van der Waals surface area (Å²) in [5.41, 5.74) is 1.57. The fourth-order valence-corrected chi connectivity index (χ4v) is 3.33. The molecule has 34 heavy (non-hydrogen) atoms. The number of pyridine rings is 1. The predicted molar refractivity (Wildman–Crippen MR) is 124 cm³/mol. The van der Waals surface area contributed by atoms with Gasteiger partial charge in [0.05, 0.1) is 0 Å². The molecule has 8 heteroatoms. The molecule has 0 aliphatic rings. The van der Waals surface area contributed by atoms with E-state index in [9.17, 15) is 24.2 Å². The topological polar surface area (TPSA) is 100.0 Å². The number of carboxylic acid groups (broad SMARTS) is 2. The average Bonchev–Trinajstić information content (AvgIpc) is 2.84. The van der Waals surface area contributed by atoms with Crippen LogP contribution >= 0.6 is 0 Å². The molecule has 0 saturated carbocycles. The molecular formula is C26H19FN2O5. The second-order valence-corrected chi connectivity index (χ2v) is 7.30. The number of aliphatic carboxylic acids is 1. The second kappa shape index (κ2) is 9.83. The summed E-state index contributed by atoms with van der Waals surface area (Å²) in [6.07, 6.45) is 0. The Balaban J connectivity index is 1.69. The van der Waals surface area contributed by atoms with Crippen LogP contribution in [0.3, 0.4) is 0 Å². The van der Waals surface area contributed by atoms with Crippen LogP contribution in [-0.2, 0) is 4.79 Å². The third kappa shape index (κ3) is 5.36. The van der Waals surface area contributed by atoms with Crippen molar-refractivity contribution < 1.29 is 28.9 Å². The number of anilines is 2. The number of nitrogens with zero attached hydrogens (tertiary/aromatic N) is 2. The van der Waals surface area contributed by atoms with E-state index in [1.165, 1.54) is 35.2 Å². The maximum Gasteiger partial charge on any atom is 0.354 e. The van der Waals surface area contributed by atoms with Crippen molar-refractivity contribution in [1.82, 2.24) is 4.98 Å². The van der Waals surface area contributed by atoms with E-state index in [2.05, 4.69) is 4.98 Å². The van der Waals surface area contributed by atoms with Gasteiger partial charge in [-0.3, -0.25) is 4.79 Å². The van der Waals surface area contributed by atoms with Crippen molar-refractivity contribution in [2.75, 3.05) is 11.4 Å². The molecule has 3 aromatic carbocycles. The maximum atomic E-state index is 13.1. The lowest BCUT2D eigenvalue weighted by atomic mass is 10.0. The zero-order chi connectivity index (χ0) is 24.1. The summed E-state index contributed by atoms with van der Waals surface area (Å²) in [5, 5.41) is 19.0. The lowest BCUT2D eigenvalue weighted by Crippen LogP contribution is -2.26. The number of rotatable bonds is 8. The molecule has 0 radical (unpaired) electrons. The second-order valence-electron chi connectivity index (χ2n) is 7.30. The molecule has 0 spiro atoms. The molecule has 0 aliphatic carbocycles. The van der Waals surface area contributed by atoms with Gasteiger partial charge in [-0.05, 0) is 71.8 Å². The third-order valence-electron chi connectivity index (χ3n) is 4.91. The highest BCUT2D eigenvalue weighted by Gasteiger charge is 2.18. The van der Waals surface area contributed by atoms with Crippen LogP contribution in [0.15, 0.2) is 91.0 Å². The first-order chi connectivity index (χ1) is 16.4. The number of ether oxygens (including phenoxy) is 1. The quantitative estimate of drug-likeness (QED) is 0.354. The summed E-state index contributed by atoms with van der Waals surface area (Å²) in [7, 11) is 0. The molecule has 1 heterocycles. The Kier molecular flexibility index (Phi) is 6.49. The van der Waals surface area contributed by atoms with Crippen LogP contribution in [0, 0.1) is 5.82 Å². The lowest BCUT2D eigenvalue weighted by molar-refractivity contribution is -0.135. The van der Waals surface area contributed by atoms with Gasteiger partial charge in [0.1, 0.15) is 29.7 Å². The molecule has 0 fully saturated rings. The van der Waals surface area contributed by atoms with E-state index in [-0.39, 0.29) is 17.3 Å². The van der Waals surface area contributed by atoms with Crippen molar-refractivity contribution in [1.29, 1.82) is 0 Å². The molecule has 7 nitrogen and oxygen atoms in total. The van der Waals surface area contributed by atoms with Crippen LogP contribution in [0.1, 0.15) is 10.5 Å². The van der Waals surface area contributed by atoms with Crippen molar-refractivity contribution in [2.45, 2.75) is 0 Å². The van der Waals surface area contributed by atoms with E-state index in [4.69, 9.17) is 4.74 Å². The highest BCUT2D eigenvalue weighted by atomic mass is 19.1. The van der Waals surface area contributed by atoms with Crippen molar-refractivity contribution in [2.24, 2.45) is 0 Å². The monoisotopic (exact) mass is 458 g/mol. The first kappa shape index (κ1) is 22.5. The van der Waals surface area contributed by atoms with Crippen LogP contribution in [0.2, 0.25) is 0 Å². The number of halogens is 1. The highest BCUT2D eigenvalue weighted by molar-refractivity contribution is 5.89. The normalized spacial score (nSPS) is 10.5. The van der Waals surface area contributed by atoms with Gasteiger partial charge in [-0.25, -0.2) is 14.2 Å². The van der Waals surface area contributed by atoms with E-state index in [1.807, 2.05) is 0 Å². The summed E-state index contributed by atoms with van der Waals surface area (Å²) in [6, 6.07) is 24.3. The number of benzene rings is 3. The highest BCUT2D eigenvalue weighted by Crippen LogP contribution is 2.31. The molecule has 0 unspecified atom stereocenters. The van der Waals surface area contributed by atoms with E-state index in [0.29, 0.717) is 28.3 Å². The van der Waals surface area contributed by atoms with Gasteiger partial charge in [-0.1, -0.05) is 30.3 Å². The Bertz CT molecular complexity index is 1310. The Hall–Kier alpha value is -4.72. The number of aromatic carboxylic acids is 1. The summed E-state index contributed by atoms with van der Waals surface area (Å²) in [4.78, 5) is 28.9. The molecular weight excluding hydrogens is 439 g/mol. The van der Waals surface area contributed by atoms with Crippen LogP contribution in [-0.4, -0.2) is 33.7 Å². The number of carbonyl (C=O) groups is 2. The minimum atomic E-state index is -1.23. The maximum absolute atomic E-state index is 13.1. The Morgan fingerprint density at radius 1 is 0.824 bits per heavy atom. The number of para-hydroxylation sites is 1. The van der Waals surface area contributed by atoms with Gasteiger partial charge in [0, 0.05) is 5.69 Å². The SMILES string of the molecule is O=C(O)CN(c1ccccc1)c1cc(-c2ccc(Oc3ccc(F)cc3)cc2)cc(C(=O)O)n1. The van der Waals surface area contributed by atoms with Gasteiger partial charge < -0.3 is 19.8 Å². The van der Waals surface area contributed by atoms with E-state index in [1.54, 1.807) is 60.7 Å². The predicted octanol–water partition coefficient (Wildman–Crippen LogP) is 5.60. The third-order valence-corrected chi connectivity index (χ3v) is 4.91. The zero-order valence-electron chi connectivity index (χ0n) is 17.8. The lowest BCUT2D eigenvalue weighted by Gasteiger charge is -2.23. The molecule has 0 atom stereocenters. The minimum Gasteiger partial charge on any atom is -0.480 e. The smallest absolute Gasteiger partial charge is 0.354 e. The van der Waals surface area contributed by atoms with Crippen LogP contribution in [0.5, 0.6) is 11.5 Å². The molecule has 1 aromatic heterocycles. The first-order valence-electron chi connectivity index (χ1n) is 10.2. The number of hydrogen-bond acceptors (Lipinski definition) is 5. The molecule has 0 amide bonds. The van der Waals surface area contributed by atoms with Gasteiger partial charge in [0.2, 0.25) is 0 Å². The first-order valence-corrected chi connectivity index (χ1v) is 10.2. The summed E-state index contributed by atoms with van der Waals surface area (Å²) in [6.45, 7) is -0.399. The molecule has 0 saturated heterocycles. The number of aromatic nitrogens is 1. The zero-order valence-corrected chi connectivity index (χ0v) is 17.8. The Morgan fingerprint density at radius 2 is 1.44 bits per heavy atom. The van der Waals surface area contributed by atoms with E-state index >= 15 is 0 Å². The number of hydrogen-bond donors (Lipinski definition) is 2. The fourth-order valence-electron chi connectivity index (χ4n) is 3.33. The van der Waals surface area contributed by atoms with Crippen LogP contribution < -0.4 is 9.64 Å². The van der Waals surface area contributed by atoms with Crippen LogP contribution in [0.4, 0.5) is 15.9 Å². The van der Waals surface area contributed by atoms with Gasteiger partial charge in [0.15, 0.2) is 5.69 Å². The standard InChI is InChI=1S/C26H19FN2O5/c27-19-8-12-22(13-9-19)34-21-10-6-17(7-11-21)18-14-23(26(32)33)28-24(15-18)29(16-25(30)31)20-4-2-1-3-5-20/h1-15H,16H2,(H,30,31)(H,32,33). The summed E-state index contributed by atoms with van der Waals surface area (Å²) < 4.78 is 18.8. The van der Waals surface area contributed by atoms with Crippen LogP contribution in [0.25, 0.3) is 11.1 Å². The molecule has 2 N–H and O–H groups in total.